The summed E-state index contributed by atoms with van der Waals surface area (Å²) in [6.45, 7) is 3.62. The number of phenols is 1. The van der Waals surface area contributed by atoms with E-state index >= 15 is 0 Å². The number of rotatable bonds is 4. The van der Waals surface area contributed by atoms with E-state index in [1.807, 2.05) is 0 Å². The van der Waals surface area contributed by atoms with Crippen molar-refractivity contribution in [2.24, 2.45) is 0 Å². The number of piperidine rings is 1. The van der Waals surface area contributed by atoms with Crippen molar-refractivity contribution in [3.63, 3.8) is 0 Å². The Hall–Kier alpha value is -2.39. The minimum absolute atomic E-state index is 0.273. The van der Waals surface area contributed by atoms with E-state index in [1.165, 1.54) is 6.07 Å². The van der Waals surface area contributed by atoms with Gasteiger partial charge in [-0.2, -0.15) is 13.2 Å². The minimum Gasteiger partial charge on any atom is -0.507 e. The van der Waals surface area contributed by atoms with Gasteiger partial charge in [-0.15, -0.1) is 10.2 Å². The first-order valence-corrected chi connectivity index (χ1v) is 11.3. The predicted octanol–water partition coefficient (Wildman–Crippen LogP) is 4.02. The molecule has 2 aliphatic heterocycles. The molecule has 0 amide bonds. The fourth-order valence-electron chi connectivity index (χ4n) is 4.97. The Morgan fingerprint density at radius 1 is 1.06 bits per heavy atom. The van der Waals surface area contributed by atoms with Crippen molar-refractivity contribution in [3.05, 3.63) is 34.9 Å². The van der Waals surface area contributed by atoms with Gasteiger partial charge in [-0.3, -0.25) is 4.90 Å². The standard InChI is InChI=1S/C23H27F3N4O2/c24-23(25,26)14-7-8-19(20(31)10-14)21-17-5-1-2-6-18(17)22(29-28-21)27-15-4-3-9-30(11-15)16-12-32-13-16/h7-8,10,15-16,31H,1-6,9,11-13H2,(H,27,29)/t15-/m1/s1. The van der Waals surface area contributed by atoms with E-state index in [4.69, 9.17) is 4.74 Å². The van der Waals surface area contributed by atoms with E-state index < -0.39 is 17.5 Å². The molecule has 6 nitrogen and oxygen atoms in total. The molecule has 2 N–H and O–H groups in total. The highest BCUT2D eigenvalue weighted by molar-refractivity contribution is 5.73. The van der Waals surface area contributed by atoms with Gasteiger partial charge in [-0.25, -0.2) is 0 Å². The number of hydrogen-bond donors (Lipinski definition) is 2. The van der Waals surface area contributed by atoms with Gasteiger partial charge < -0.3 is 15.2 Å². The number of halogens is 3. The average Bonchev–Trinajstić information content (AvgIpc) is 2.73. The number of likely N-dealkylation sites (tertiary alicyclic amines) is 1. The minimum atomic E-state index is -4.51. The number of fused-ring (bicyclic) bond motifs is 1. The number of anilines is 1. The normalized spacial score (nSPS) is 22.3. The lowest BCUT2D eigenvalue weighted by Gasteiger charge is -2.42. The van der Waals surface area contributed by atoms with Crippen LogP contribution in [-0.4, -0.2) is 58.6 Å². The molecular weight excluding hydrogens is 421 g/mol. The van der Waals surface area contributed by atoms with Gasteiger partial charge in [-0.1, -0.05) is 0 Å². The van der Waals surface area contributed by atoms with Gasteiger partial charge >= 0.3 is 6.18 Å². The third-order valence-corrected chi connectivity index (χ3v) is 6.80. The van der Waals surface area contributed by atoms with Crippen molar-refractivity contribution in [1.29, 1.82) is 0 Å². The highest BCUT2D eigenvalue weighted by atomic mass is 19.4. The Morgan fingerprint density at radius 2 is 1.84 bits per heavy atom. The molecule has 2 saturated heterocycles. The summed E-state index contributed by atoms with van der Waals surface area (Å²) in [4.78, 5) is 2.47. The third kappa shape index (κ3) is 4.15. The predicted molar refractivity (Wildman–Crippen MR) is 114 cm³/mol. The van der Waals surface area contributed by atoms with Crippen molar-refractivity contribution in [2.45, 2.75) is 56.8 Å². The monoisotopic (exact) mass is 448 g/mol. The molecule has 0 radical (unpaired) electrons. The van der Waals surface area contributed by atoms with Gasteiger partial charge in [0.1, 0.15) is 11.4 Å². The first-order valence-electron chi connectivity index (χ1n) is 11.3. The zero-order valence-corrected chi connectivity index (χ0v) is 17.8. The molecular formula is C23H27F3N4O2. The van der Waals surface area contributed by atoms with Gasteiger partial charge in [-0.05, 0) is 68.8 Å². The molecule has 0 spiro atoms. The van der Waals surface area contributed by atoms with Crippen LogP contribution in [0.2, 0.25) is 0 Å². The zero-order chi connectivity index (χ0) is 22.3. The molecule has 172 valence electrons. The molecule has 1 aliphatic carbocycles. The van der Waals surface area contributed by atoms with E-state index in [9.17, 15) is 18.3 Å². The largest absolute Gasteiger partial charge is 0.507 e. The smallest absolute Gasteiger partial charge is 0.416 e. The summed E-state index contributed by atoms with van der Waals surface area (Å²) < 4.78 is 44.3. The first-order chi connectivity index (χ1) is 15.4. The fourth-order valence-corrected chi connectivity index (χ4v) is 4.97. The van der Waals surface area contributed by atoms with Crippen LogP contribution in [0.25, 0.3) is 11.3 Å². The molecule has 2 aromatic rings. The Labute approximate surface area is 184 Å². The number of alkyl halides is 3. The molecule has 0 saturated carbocycles. The SMILES string of the molecule is Oc1cc(C(F)(F)F)ccc1-c1nnc(N[C@@H]2CCCN(C3COC3)C2)c2c1CCCC2. The van der Waals surface area contributed by atoms with Crippen LogP contribution in [-0.2, 0) is 23.8 Å². The molecule has 0 unspecified atom stereocenters. The summed E-state index contributed by atoms with van der Waals surface area (Å²) >= 11 is 0. The number of aromatic nitrogens is 2. The fraction of sp³-hybridized carbons (Fsp3) is 0.565. The molecule has 0 bridgehead atoms. The van der Waals surface area contributed by atoms with Crippen LogP contribution in [0.15, 0.2) is 18.2 Å². The highest BCUT2D eigenvalue weighted by Gasteiger charge is 2.33. The number of ether oxygens (including phenoxy) is 1. The van der Waals surface area contributed by atoms with Gasteiger partial charge in [0.15, 0.2) is 5.82 Å². The maximum atomic E-state index is 13.0. The molecule has 5 rings (SSSR count). The summed E-state index contributed by atoms with van der Waals surface area (Å²) in [5, 5.41) is 22.8. The van der Waals surface area contributed by atoms with E-state index in [-0.39, 0.29) is 6.04 Å². The number of hydrogen-bond acceptors (Lipinski definition) is 6. The summed E-state index contributed by atoms with van der Waals surface area (Å²) in [6, 6.07) is 3.82. The average molecular weight is 448 g/mol. The lowest BCUT2D eigenvalue weighted by molar-refractivity contribution is -0.137. The summed E-state index contributed by atoms with van der Waals surface area (Å²) in [5.41, 5.74) is 1.95. The zero-order valence-electron chi connectivity index (χ0n) is 17.8. The van der Waals surface area contributed by atoms with Gasteiger partial charge in [0, 0.05) is 23.7 Å². The summed E-state index contributed by atoms with van der Waals surface area (Å²) in [7, 11) is 0. The van der Waals surface area contributed by atoms with Gasteiger partial charge in [0.05, 0.1) is 24.8 Å². The van der Waals surface area contributed by atoms with Crippen molar-refractivity contribution < 1.29 is 23.0 Å². The van der Waals surface area contributed by atoms with E-state index in [2.05, 4.69) is 20.4 Å². The van der Waals surface area contributed by atoms with Crippen molar-refractivity contribution in [2.75, 3.05) is 31.6 Å². The third-order valence-electron chi connectivity index (χ3n) is 6.80. The second-order valence-electron chi connectivity index (χ2n) is 8.96. The topological polar surface area (TPSA) is 70.5 Å². The van der Waals surface area contributed by atoms with Crippen molar-refractivity contribution in [3.8, 4) is 17.0 Å². The number of benzene rings is 1. The van der Waals surface area contributed by atoms with Crippen LogP contribution in [0, 0.1) is 0 Å². The van der Waals surface area contributed by atoms with Gasteiger partial charge in [0.25, 0.3) is 0 Å². The molecule has 9 heteroatoms. The van der Waals surface area contributed by atoms with E-state index in [0.717, 1.165) is 93.9 Å². The maximum Gasteiger partial charge on any atom is 0.416 e. The number of aromatic hydroxyl groups is 1. The number of nitrogens with zero attached hydrogens (tertiary/aromatic N) is 3. The molecule has 1 aromatic carbocycles. The molecule has 1 atom stereocenters. The Bertz CT molecular complexity index is 994. The Morgan fingerprint density at radius 3 is 2.53 bits per heavy atom. The summed E-state index contributed by atoms with van der Waals surface area (Å²) in [5.74, 6) is 0.347. The van der Waals surface area contributed by atoms with Crippen LogP contribution >= 0.6 is 0 Å². The Kier molecular flexibility index (Phi) is 5.71. The second kappa shape index (κ2) is 8.51. The summed E-state index contributed by atoms with van der Waals surface area (Å²) in [6.07, 6.45) is 1.28. The highest BCUT2D eigenvalue weighted by Crippen LogP contribution is 2.40. The van der Waals surface area contributed by atoms with Crippen LogP contribution in [0.4, 0.5) is 19.0 Å². The van der Waals surface area contributed by atoms with Crippen molar-refractivity contribution >= 4 is 5.82 Å². The van der Waals surface area contributed by atoms with Crippen molar-refractivity contribution in [1.82, 2.24) is 15.1 Å². The number of phenolic OH excluding ortho intramolecular Hbond substituents is 1. The van der Waals surface area contributed by atoms with Crippen LogP contribution in [0.3, 0.4) is 0 Å². The molecule has 3 heterocycles. The van der Waals surface area contributed by atoms with Gasteiger partial charge in [0.2, 0.25) is 0 Å². The maximum absolute atomic E-state index is 13.0. The molecule has 1 aromatic heterocycles. The lowest BCUT2D eigenvalue weighted by Crippen LogP contribution is -2.54. The molecule has 2 fully saturated rings. The number of nitrogens with one attached hydrogen (secondary N) is 1. The van der Waals surface area contributed by atoms with E-state index in [1.54, 1.807) is 0 Å². The van der Waals surface area contributed by atoms with Crippen LogP contribution in [0.5, 0.6) is 5.75 Å². The lowest BCUT2D eigenvalue weighted by atomic mass is 9.88. The first kappa shape index (κ1) is 21.5. The Balaban J connectivity index is 1.42. The van der Waals surface area contributed by atoms with Crippen LogP contribution < -0.4 is 5.32 Å². The quantitative estimate of drug-likeness (QED) is 0.736. The molecule has 3 aliphatic rings. The molecule has 32 heavy (non-hydrogen) atoms. The second-order valence-corrected chi connectivity index (χ2v) is 8.96. The van der Waals surface area contributed by atoms with Crippen LogP contribution in [0.1, 0.15) is 42.4 Å². The van der Waals surface area contributed by atoms with E-state index in [0.29, 0.717) is 17.3 Å².